The molecule has 2 aliphatic carbocycles. The zero-order valence-electron chi connectivity index (χ0n) is 37.3. The maximum atomic E-state index is 6.27. The van der Waals surface area contributed by atoms with Gasteiger partial charge >= 0.3 is 0 Å². The number of rotatable bonds is 4. The second-order valence-electron chi connectivity index (χ2n) is 16.8. The lowest BCUT2D eigenvalue weighted by Gasteiger charge is -2.20. The average molecular weight is 1000 g/mol. The van der Waals surface area contributed by atoms with Crippen LogP contribution in [0.25, 0.3) is 122 Å². The van der Waals surface area contributed by atoms with Gasteiger partial charge in [-0.3, -0.25) is 0 Å². The summed E-state index contributed by atoms with van der Waals surface area (Å²) in [5.41, 5.74) is 15.5. The molecular formula is C65H44Br2O. The molecule has 1 aromatic heterocycles. The van der Waals surface area contributed by atoms with Crippen molar-refractivity contribution in [2.75, 3.05) is 5.83 Å². The molecule has 0 fully saturated rings. The zero-order chi connectivity index (χ0) is 46.0. The highest BCUT2D eigenvalue weighted by molar-refractivity contribution is 9.10. The molecule has 0 atom stereocenters. The van der Waals surface area contributed by atoms with E-state index in [0.29, 0.717) is 0 Å². The Morgan fingerprint density at radius 1 is 0.309 bits per heavy atom. The Kier molecular flexibility index (Phi) is 12.0. The summed E-state index contributed by atoms with van der Waals surface area (Å²) in [6, 6.07) is 83.7. The van der Waals surface area contributed by atoms with Crippen LogP contribution >= 0.6 is 31.9 Å². The van der Waals surface area contributed by atoms with Gasteiger partial charge in [-0.25, -0.2) is 0 Å². The number of hydrogen-bond acceptors (Lipinski definition) is 1. The quantitative estimate of drug-likeness (QED) is 0.160. The molecule has 11 aromatic carbocycles. The minimum absolute atomic E-state index is 0.913. The van der Waals surface area contributed by atoms with E-state index in [0.717, 1.165) is 37.9 Å². The van der Waals surface area contributed by atoms with Crippen molar-refractivity contribution in [2.45, 2.75) is 0 Å². The van der Waals surface area contributed by atoms with E-state index in [-0.39, 0.29) is 0 Å². The molecule has 0 radical (unpaired) electrons. The van der Waals surface area contributed by atoms with E-state index >= 15 is 0 Å². The van der Waals surface area contributed by atoms with E-state index in [1.807, 2.05) is 42.2 Å². The Bertz CT molecular complexity index is 3640. The number of halogens is 2. The first kappa shape index (κ1) is 43.0. The van der Waals surface area contributed by atoms with Gasteiger partial charge < -0.3 is 4.42 Å². The molecule has 0 saturated carbocycles. The standard InChI is InChI=1S/C32H20.C20H13BrO.C12H8.CH3Br/c1-3-11-22(12-4-1)29-24-17-7-8-18-25(24)30(23-13-5-2-6-14-23)32-27-20-10-16-21-15-9-19-26(28(21)27)31(29)32;21-16-11-12-17-18(13-16)20(15-9-5-2-6-10-15)22-19(17)14-7-3-1-4-8-14;1-3-9-4-2-6-11-8-7-10(5-1)12(9)11;1-2/h1-20H;1-13H;1-8H;1H3. The van der Waals surface area contributed by atoms with Gasteiger partial charge in [-0.15, -0.1) is 0 Å². The molecule has 1 nitrogen and oxygen atoms in total. The second kappa shape index (κ2) is 19.0. The highest BCUT2D eigenvalue weighted by Gasteiger charge is 2.30. The predicted octanol–water partition coefficient (Wildman–Crippen LogP) is 19.8. The molecule has 0 unspecified atom stereocenters. The van der Waals surface area contributed by atoms with Crippen molar-refractivity contribution in [3.8, 4) is 67.2 Å². The van der Waals surface area contributed by atoms with Gasteiger partial charge in [0.2, 0.25) is 0 Å². The van der Waals surface area contributed by atoms with Crippen molar-refractivity contribution in [3.05, 3.63) is 252 Å². The lowest BCUT2D eigenvalue weighted by molar-refractivity contribution is 0.602. The van der Waals surface area contributed by atoms with Gasteiger partial charge in [0.25, 0.3) is 0 Å². The average Bonchev–Trinajstić information content (AvgIpc) is 4.12. The Morgan fingerprint density at radius 2 is 0.706 bits per heavy atom. The third-order valence-electron chi connectivity index (χ3n) is 12.9. The summed E-state index contributed by atoms with van der Waals surface area (Å²) in [5.74, 6) is 3.64. The monoisotopic (exact) mass is 998 g/mol. The lowest BCUT2D eigenvalue weighted by Crippen LogP contribution is -1.93. The van der Waals surface area contributed by atoms with Crippen molar-refractivity contribution in [2.24, 2.45) is 0 Å². The molecule has 12 aromatic rings. The van der Waals surface area contributed by atoms with Crippen molar-refractivity contribution in [1.29, 1.82) is 0 Å². The zero-order valence-corrected chi connectivity index (χ0v) is 40.5. The first-order chi connectivity index (χ1) is 33.7. The number of furan rings is 1. The lowest BCUT2D eigenvalue weighted by atomic mass is 9.82. The molecule has 68 heavy (non-hydrogen) atoms. The van der Waals surface area contributed by atoms with Gasteiger partial charge in [0.1, 0.15) is 11.5 Å². The molecule has 14 rings (SSSR count). The summed E-state index contributed by atoms with van der Waals surface area (Å²) in [4.78, 5) is 0. The first-order valence-corrected chi connectivity index (χ1v) is 25.2. The van der Waals surface area contributed by atoms with Crippen LogP contribution in [0.4, 0.5) is 0 Å². The molecule has 1 heterocycles. The number of alkyl halides is 1. The minimum atomic E-state index is 0.913. The van der Waals surface area contributed by atoms with Crippen molar-refractivity contribution >= 4 is 87.1 Å². The second-order valence-corrected chi connectivity index (χ2v) is 17.7. The van der Waals surface area contributed by atoms with Crippen LogP contribution in [0.2, 0.25) is 0 Å². The predicted molar refractivity (Wildman–Crippen MR) is 299 cm³/mol. The van der Waals surface area contributed by atoms with Gasteiger partial charge in [0.05, 0.1) is 0 Å². The van der Waals surface area contributed by atoms with Gasteiger partial charge in [0.15, 0.2) is 0 Å². The maximum absolute atomic E-state index is 6.27. The smallest absolute Gasteiger partial charge is 0.142 e. The van der Waals surface area contributed by atoms with E-state index in [2.05, 4.69) is 244 Å². The molecule has 324 valence electrons. The van der Waals surface area contributed by atoms with E-state index in [1.165, 1.54) is 88.0 Å². The molecule has 0 aliphatic heterocycles. The topological polar surface area (TPSA) is 13.1 Å². The molecule has 0 N–H and O–H groups in total. The van der Waals surface area contributed by atoms with E-state index < -0.39 is 0 Å². The third-order valence-corrected chi connectivity index (χ3v) is 13.4. The van der Waals surface area contributed by atoms with Crippen molar-refractivity contribution < 1.29 is 4.42 Å². The largest absolute Gasteiger partial charge is 0.455 e. The van der Waals surface area contributed by atoms with Crippen LogP contribution in [0.1, 0.15) is 11.1 Å². The van der Waals surface area contributed by atoms with Crippen LogP contribution in [-0.4, -0.2) is 5.83 Å². The van der Waals surface area contributed by atoms with Crippen molar-refractivity contribution in [3.63, 3.8) is 0 Å². The summed E-state index contributed by atoms with van der Waals surface area (Å²) < 4.78 is 7.32. The number of hydrogen-bond donors (Lipinski definition) is 0. The molecule has 2 aliphatic rings. The number of benzene rings is 11. The fourth-order valence-electron chi connectivity index (χ4n) is 10.1. The molecular weight excluding hydrogens is 957 g/mol. The summed E-state index contributed by atoms with van der Waals surface area (Å²) in [6.45, 7) is 0. The van der Waals surface area contributed by atoms with Crippen LogP contribution in [0.3, 0.4) is 0 Å². The normalized spacial score (nSPS) is 11.4. The Morgan fingerprint density at radius 3 is 1.18 bits per heavy atom. The molecule has 0 spiro atoms. The summed E-state index contributed by atoms with van der Waals surface area (Å²) >= 11 is 6.50. The van der Waals surface area contributed by atoms with Gasteiger partial charge in [0, 0.05) is 26.4 Å². The van der Waals surface area contributed by atoms with Crippen LogP contribution in [0.5, 0.6) is 0 Å². The fraction of sp³-hybridized carbons (Fsp3) is 0.0154. The third kappa shape index (κ3) is 7.78. The summed E-state index contributed by atoms with van der Waals surface area (Å²) in [7, 11) is 0. The van der Waals surface area contributed by atoms with Crippen LogP contribution < -0.4 is 0 Å². The van der Waals surface area contributed by atoms with Crippen LogP contribution in [-0.2, 0) is 0 Å². The van der Waals surface area contributed by atoms with E-state index in [9.17, 15) is 0 Å². The fourth-order valence-corrected chi connectivity index (χ4v) is 10.5. The van der Waals surface area contributed by atoms with E-state index in [1.54, 1.807) is 0 Å². The summed E-state index contributed by atoms with van der Waals surface area (Å²) in [5, 5.41) is 10.3. The van der Waals surface area contributed by atoms with Crippen molar-refractivity contribution in [1.82, 2.24) is 0 Å². The number of fused-ring (bicyclic) bond motifs is 5. The molecule has 3 heteroatoms. The van der Waals surface area contributed by atoms with Crippen LogP contribution in [0.15, 0.2) is 245 Å². The summed E-state index contributed by atoms with van der Waals surface area (Å²) in [6.07, 6.45) is 4.36. The Balaban J connectivity index is 0.000000121. The Hall–Kier alpha value is -7.56. The maximum Gasteiger partial charge on any atom is 0.142 e. The molecule has 0 bridgehead atoms. The SMILES string of the molecule is Brc1ccc2c(-c3ccccc3)oc(-c3ccccc3)c2c1.C1=Cc2cccc3cccc1c23.CBr.c1ccc(-c2c3c(c(-c4ccccc4)c4ccccc24)-c2cccc4cccc-3c24)cc1. The highest BCUT2D eigenvalue weighted by Crippen LogP contribution is 2.57. The molecule has 0 amide bonds. The first-order valence-electron chi connectivity index (χ1n) is 22.8. The highest BCUT2D eigenvalue weighted by atomic mass is 79.9. The minimum Gasteiger partial charge on any atom is -0.455 e. The molecule has 0 saturated heterocycles. The van der Waals surface area contributed by atoms with Gasteiger partial charge in [-0.1, -0.05) is 262 Å². The van der Waals surface area contributed by atoms with Crippen LogP contribution in [0, 0.1) is 0 Å². The van der Waals surface area contributed by atoms with E-state index in [4.69, 9.17) is 4.42 Å². The van der Waals surface area contributed by atoms with Gasteiger partial charge in [-0.05, 0) is 112 Å². The Labute approximate surface area is 413 Å². The van der Waals surface area contributed by atoms with Gasteiger partial charge in [-0.2, -0.15) is 0 Å².